The number of rotatable bonds is 7. The molecule has 0 spiro atoms. The molecule has 0 heterocycles. The Morgan fingerprint density at radius 3 is 2.25 bits per heavy atom. The van der Waals surface area contributed by atoms with Gasteiger partial charge in [-0.2, -0.15) is 0 Å². The molecule has 2 N–H and O–H groups in total. The van der Waals surface area contributed by atoms with Gasteiger partial charge < -0.3 is 15.3 Å². The average molecular weight is 326 g/mol. The van der Waals surface area contributed by atoms with Crippen LogP contribution in [0.3, 0.4) is 0 Å². The van der Waals surface area contributed by atoms with Crippen molar-refractivity contribution in [3.05, 3.63) is 65.7 Å². The van der Waals surface area contributed by atoms with E-state index in [1.807, 2.05) is 30.3 Å². The summed E-state index contributed by atoms with van der Waals surface area (Å²) in [6.07, 6.45) is 0.733. The first-order valence-electron chi connectivity index (χ1n) is 7.92. The van der Waals surface area contributed by atoms with Crippen LogP contribution < -0.4 is 5.32 Å². The fourth-order valence-corrected chi connectivity index (χ4v) is 2.43. The quantitative estimate of drug-likeness (QED) is 0.820. The van der Waals surface area contributed by atoms with Gasteiger partial charge in [0.05, 0.1) is 6.61 Å². The van der Waals surface area contributed by atoms with E-state index in [1.54, 1.807) is 29.2 Å². The lowest BCUT2D eigenvalue weighted by Gasteiger charge is -2.22. The first-order valence-corrected chi connectivity index (χ1v) is 7.92. The summed E-state index contributed by atoms with van der Waals surface area (Å²) < 4.78 is 0. The minimum atomic E-state index is -0.154. The molecule has 0 atom stereocenters. The van der Waals surface area contributed by atoms with Gasteiger partial charge in [-0.15, -0.1) is 0 Å². The smallest absolute Gasteiger partial charge is 0.253 e. The lowest BCUT2D eigenvalue weighted by molar-refractivity contribution is -0.114. The van der Waals surface area contributed by atoms with Crippen LogP contribution in [0.2, 0.25) is 0 Å². The van der Waals surface area contributed by atoms with Crippen LogP contribution in [-0.4, -0.2) is 41.5 Å². The largest absolute Gasteiger partial charge is 0.395 e. The number of amides is 2. The lowest BCUT2D eigenvalue weighted by atomic mass is 10.1. The third-order valence-electron chi connectivity index (χ3n) is 3.62. The first kappa shape index (κ1) is 17.7. The van der Waals surface area contributed by atoms with E-state index >= 15 is 0 Å². The highest BCUT2D eigenvalue weighted by Gasteiger charge is 2.15. The molecule has 5 nitrogen and oxygen atoms in total. The lowest BCUT2D eigenvalue weighted by Crippen LogP contribution is -2.35. The zero-order valence-electron chi connectivity index (χ0n) is 13.7. The van der Waals surface area contributed by atoms with Crippen LogP contribution in [0.15, 0.2) is 54.6 Å². The number of aliphatic hydroxyl groups is 1. The zero-order chi connectivity index (χ0) is 17.4. The van der Waals surface area contributed by atoms with Crippen LogP contribution >= 0.6 is 0 Å². The molecule has 0 aliphatic carbocycles. The SMILES string of the molecule is CC(=O)Nc1ccc(C(=O)N(CCO)CCc2ccccc2)cc1. The van der Waals surface area contributed by atoms with E-state index < -0.39 is 0 Å². The molecule has 126 valence electrons. The van der Waals surface area contributed by atoms with E-state index in [1.165, 1.54) is 6.92 Å². The first-order chi connectivity index (χ1) is 11.6. The molecule has 2 rings (SSSR count). The number of hydrogen-bond acceptors (Lipinski definition) is 3. The Balaban J connectivity index is 2.03. The van der Waals surface area contributed by atoms with E-state index in [-0.39, 0.29) is 18.4 Å². The molecule has 0 aliphatic rings. The van der Waals surface area contributed by atoms with E-state index in [0.717, 1.165) is 12.0 Å². The van der Waals surface area contributed by atoms with Gasteiger partial charge in [-0.1, -0.05) is 30.3 Å². The number of benzene rings is 2. The molecule has 0 saturated carbocycles. The summed E-state index contributed by atoms with van der Waals surface area (Å²) in [7, 11) is 0. The number of carbonyl (C=O) groups is 2. The minimum Gasteiger partial charge on any atom is -0.395 e. The van der Waals surface area contributed by atoms with Gasteiger partial charge in [0.25, 0.3) is 5.91 Å². The molecule has 0 fully saturated rings. The highest BCUT2D eigenvalue weighted by atomic mass is 16.3. The predicted octanol–water partition coefficient (Wildman–Crippen LogP) is 2.32. The molecule has 2 aromatic rings. The van der Waals surface area contributed by atoms with Crippen molar-refractivity contribution in [1.82, 2.24) is 4.90 Å². The topological polar surface area (TPSA) is 69.6 Å². The van der Waals surface area contributed by atoms with Gasteiger partial charge in [0, 0.05) is 31.3 Å². The van der Waals surface area contributed by atoms with Crippen molar-refractivity contribution in [3.8, 4) is 0 Å². The van der Waals surface area contributed by atoms with Gasteiger partial charge in [0.15, 0.2) is 0 Å². The van der Waals surface area contributed by atoms with Crippen LogP contribution in [0.5, 0.6) is 0 Å². The summed E-state index contributed by atoms with van der Waals surface area (Å²) in [6, 6.07) is 16.7. The molecule has 24 heavy (non-hydrogen) atoms. The Labute approximate surface area is 141 Å². The molecule has 0 saturated heterocycles. The summed E-state index contributed by atoms with van der Waals surface area (Å²) in [5, 5.41) is 11.9. The van der Waals surface area contributed by atoms with Gasteiger partial charge in [0.2, 0.25) is 5.91 Å². The second kappa shape index (κ2) is 8.84. The van der Waals surface area contributed by atoms with Crippen LogP contribution in [0, 0.1) is 0 Å². The highest BCUT2D eigenvalue weighted by Crippen LogP contribution is 2.12. The van der Waals surface area contributed by atoms with Crippen molar-refractivity contribution in [2.45, 2.75) is 13.3 Å². The monoisotopic (exact) mass is 326 g/mol. The highest BCUT2D eigenvalue weighted by molar-refractivity contribution is 5.95. The summed E-state index contributed by atoms with van der Waals surface area (Å²) in [6.45, 7) is 2.19. The number of nitrogens with zero attached hydrogens (tertiary/aromatic N) is 1. The fraction of sp³-hybridized carbons (Fsp3) is 0.263. The van der Waals surface area contributed by atoms with Gasteiger partial charge in [-0.05, 0) is 36.2 Å². The number of carbonyl (C=O) groups excluding carboxylic acids is 2. The Kier molecular flexibility index (Phi) is 6.51. The third kappa shape index (κ3) is 5.21. The van der Waals surface area contributed by atoms with E-state index in [4.69, 9.17) is 0 Å². The number of nitrogens with one attached hydrogen (secondary N) is 1. The van der Waals surface area contributed by atoms with Crippen molar-refractivity contribution < 1.29 is 14.7 Å². The molecule has 0 unspecified atom stereocenters. The molecule has 0 bridgehead atoms. The van der Waals surface area contributed by atoms with Gasteiger partial charge in [0.1, 0.15) is 0 Å². The van der Waals surface area contributed by atoms with Gasteiger partial charge >= 0.3 is 0 Å². The van der Waals surface area contributed by atoms with Crippen molar-refractivity contribution in [1.29, 1.82) is 0 Å². The van der Waals surface area contributed by atoms with Crippen LogP contribution in [0.1, 0.15) is 22.8 Å². The van der Waals surface area contributed by atoms with Crippen LogP contribution in [-0.2, 0) is 11.2 Å². The molecule has 0 aromatic heterocycles. The molecule has 2 amide bonds. The Morgan fingerprint density at radius 1 is 1.00 bits per heavy atom. The fourth-order valence-electron chi connectivity index (χ4n) is 2.43. The van der Waals surface area contributed by atoms with Crippen molar-refractivity contribution in [2.75, 3.05) is 25.0 Å². The summed E-state index contributed by atoms with van der Waals surface area (Å²) in [5.74, 6) is -0.284. The molecule has 0 aliphatic heterocycles. The standard InChI is InChI=1S/C19H22N2O3/c1-15(23)20-18-9-7-17(8-10-18)19(24)21(13-14-22)12-11-16-5-3-2-4-6-16/h2-10,22H,11-14H2,1H3,(H,20,23). The second-order valence-corrected chi connectivity index (χ2v) is 5.51. The third-order valence-corrected chi connectivity index (χ3v) is 3.62. The molecular formula is C19H22N2O3. The summed E-state index contributed by atoms with van der Waals surface area (Å²) in [4.78, 5) is 25.3. The van der Waals surface area contributed by atoms with Crippen molar-refractivity contribution in [3.63, 3.8) is 0 Å². The average Bonchev–Trinajstić information content (AvgIpc) is 2.59. The molecule has 2 aromatic carbocycles. The minimum absolute atomic E-state index is 0.0789. The number of anilines is 1. The second-order valence-electron chi connectivity index (χ2n) is 5.51. The van der Waals surface area contributed by atoms with Gasteiger partial charge in [-0.3, -0.25) is 9.59 Å². The Hall–Kier alpha value is -2.66. The normalized spacial score (nSPS) is 10.2. The Bertz CT molecular complexity index is 669. The number of hydrogen-bond donors (Lipinski definition) is 2. The van der Waals surface area contributed by atoms with Crippen LogP contribution in [0.4, 0.5) is 5.69 Å². The maximum Gasteiger partial charge on any atom is 0.253 e. The van der Waals surface area contributed by atoms with E-state index in [0.29, 0.717) is 24.3 Å². The zero-order valence-corrected chi connectivity index (χ0v) is 13.7. The van der Waals surface area contributed by atoms with E-state index in [2.05, 4.69) is 5.32 Å². The molecule has 0 radical (unpaired) electrons. The Morgan fingerprint density at radius 2 is 1.67 bits per heavy atom. The molecular weight excluding hydrogens is 304 g/mol. The maximum absolute atomic E-state index is 12.6. The maximum atomic E-state index is 12.6. The summed E-state index contributed by atoms with van der Waals surface area (Å²) in [5.41, 5.74) is 2.33. The van der Waals surface area contributed by atoms with Crippen molar-refractivity contribution in [2.24, 2.45) is 0 Å². The van der Waals surface area contributed by atoms with Gasteiger partial charge in [-0.25, -0.2) is 0 Å². The predicted molar refractivity (Wildman–Crippen MR) is 93.9 cm³/mol. The summed E-state index contributed by atoms with van der Waals surface area (Å²) >= 11 is 0. The van der Waals surface area contributed by atoms with E-state index in [9.17, 15) is 14.7 Å². The number of aliphatic hydroxyl groups excluding tert-OH is 1. The van der Waals surface area contributed by atoms with Crippen LogP contribution in [0.25, 0.3) is 0 Å². The molecule has 5 heteroatoms. The van der Waals surface area contributed by atoms with Crippen molar-refractivity contribution >= 4 is 17.5 Å².